The summed E-state index contributed by atoms with van der Waals surface area (Å²) in [5.74, 6) is -1.70. The molecule has 1 saturated heterocycles. The van der Waals surface area contributed by atoms with Crippen LogP contribution in [0, 0.1) is 10.1 Å². The second-order valence-electron chi connectivity index (χ2n) is 6.16. The smallest absolute Gasteiger partial charge is 0.330 e. The number of rotatable bonds is 5. The van der Waals surface area contributed by atoms with Crippen LogP contribution in [0.4, 0.5) is 5.69 Å². The summed E-state index contributed by atoms with van der Waals surface area (Å²) in [5, 5.41) is 20.5. The van der Waals surface area contributed by atoms with Gasteiger partial charge in [0.25, 0.3) is 5.69 Å². The summed E-state index contributed by atoms with van der Waals surface area (Å²) in [6, 6.07) is 2.62. The number of nitrogens with zero attached hydrogens (tertiary/aromatic N) is 2. The molecule has 1 aromatic rings. The third kappa shape index (κ3) is 3.73. The number of esters is 1. The molecule has 0 aliphatic carbocycles. The highest BCUT2D eigenvalue weighted by Gasteiger charge is 2.54. The molecular formula is C16H19ClN2O6S. The largest absolute Gasteiger partial charge is 0.508 e. The molecule has 10 heteroatoms. The number of hydrogen-bond donors (Lipinski definition) is 1. The van der Waals surface area contributed by atoms with Gasteiger partial charge in [0.1, 0.15) is 23.0 Å². The van der Waals surface area contributed by atoms with Gasteiger partial charge in [-0.3, -0.25) is 14.9 Å². The van der Waals surface area contributed by atoms with E-state index in [0.717, 1.165) is 0 Å². The van der Waals surface area contributed by atoms with Gasteiger partial charge in [0.05, 0.1) is 11.5 Å². The number of amides is 1. The van der Waals surface area contributed by atoms with E-state index in [-0.39, 0.29) is 29.5 Å². The highest BCUT2D eigenvalue weighted by molar-refractivity contribution is 8.01. The topological polar surface area (TPSA) is 110 Å². The molecule has 142 valence electrons. The van der Waals surface area contributed by atoms with Gasteiger partial charge in [0.2, 0.25) is 5.91 Å². The van der Waals surface area contributed by atoms with Crippen molar-refractivity contribution in [2.75, 3.05) is 12.5 Å². The summed E-state index contributed by atoms with van der Waals surface area (Å²) in [5.41, 5.74) is -0.0587. The van der Waals surface area contributed by atoms with Crippen LogP contribution < -0.4 is 0 Å². The van der Waals surface area contributed by atoms with Crippen molar-refractivity contribution in [2.45, 2.75) is 36.9 Å². The summed E-state index contributed by atoms with van der Waals surface area (Å²) in [7, 11) is 0. The molecule has 1 fully saturated rings. The first kappa shape index (κ1) is 20.3. The minimum absolute atomic E-state index is 0.145. The molecule has 0 saturated carbocycles. The predicted molar refractivity (Wildman–Crippen MR) is 97.2 cm³/mol. The van der Waals surface area contributed by atoms with Gasteiger partial charge in [-0.25, -0.2) is 4.79 Å². The van der Waals surface area contributed by atoms with E-state index >= 15 is 0 Å². The van der Waals surface area contributed by atoms with Gasteiger partial charge in [-0.2, -0.15) is 0 Å². The Hall–Kier alpha value is -2.00. The Kier molecular flexibility index (Phi) is 6.02. The van der Waals surface area contributed by atoms with Crippen molar-refractivity contribution in [1.29, 1.82) is 0 Å². The lowest BCUT2D eigenvalue weighted by Gasteiger charge is -2.30. The number of halogens is 1. The molecule has 2 rings (SSSR count). The number of nitro benzene ring substituents is 1. The number of carbonyl (C=O) groups excluding carboxylic acids is 2. The Bertz CT molecular complexity index is 741. The van der Waals surface area contributed by atoms with Crippen LogP contribution >= 0.6 is 23.4 Å². The van der Waals surface area contributed by atoms with Crippen molar-refractivity contribution >= 4 is 40.9 Å². The number of ether oxygens (including phenoxy) is 1. The maximum Gasteiger partial charge on any atom is 0.330 e. The van der Waals surface area contributed by atoms with E-state index in [9.17, 15) is 24.8 Å². The molecule has 0 unspecified atom stereocenters. The minimum Gasteiger partial charge on any atom is -0.508 e. The molecule has 1 amide bonds. The zero-order valence-corrected chi connectivity index (χ0v) is 16.0. The van der Waals surface area contributed by atoms with Crippen molar-refractivity contribution in [3.05, 3.63) is 33.9 Å². The van der Waals surface area contributed by atoms with Crippen LogP contribution in [-0.2, 0) is 14.3 Å². The quantitative estimate of drug-likeness (QED) is 0.349. The van der Waals surface area contributed by atoms with Crippen LogP contribution in [0.25, 0.3) is 0 Å². The molecule has 1 aliphatic heterocycles. The van der Waals surface area contributed by atoms with E-state index in [4.69, 9.17) is 16.3 Å². The maximum atomic E-state index is 12.5. The molecular weight excluding hydrogens is 384 g/mol. The second kappa shape index (κ2) is 7.71. The number of phenols is 1. The molecule has 0 radical (unpaired) electrons. The second-order valence-corrected chi connectivity index (χ2v) is 8.16. The van der Waals surface area contributed by atoms with E-state index in [1.54, 1.807) is 20.8 Å². The standard InChI is InChI=1S/C16H19ClN2O6S/c1-4-25-15(22)13-16(2,3)26-14(18(13)12(21)8-17)10-7-9(19(23)24)5-6-11(10)20/h5-7,13-14,20H,4,8H2,1-3H3/t13-,14-/m0/s1. The van der Waals surface area contributed by atoms with Crippen LogP contribution in [0.1, 0.15) is 31.7 Å². The summed E-state index contributed by atoms with van der Waals surface area (Å²) in [6.07, 6.45) is 0. The molecule has 0 bridgehead atoms. The average molecular weight is 403 g/mol. The number of carbonyl (C=O) groups is 2. The number of aromatic hydroxyl groups is 1. The van der Waals surface area contributed by atoms with Crippen LogP contribution in [0.5, 0.6) is 5.75 Å². The van der Waals surface area contributed by atoms with Crippen molar-refractivity contribution in [3.63, 3.8) is 0 Å². The summed E-state index contributed by atoms with van der Waals surface area (Å²) in [4.78, 5) is 36.7. The van der Waals surface area contributed by atoms with Gasteiger partial charge in [-0.05, 0) is 26.8 Å². The third-order valence-corrected chi connectivity index (χ3v) is 5.77. The monoisotopic (exact) mass is 402 g/mol. The van der Waals surface area contributed by atoms with Crippen molar-refractivity contribution < 1.29 is 24.4 Å². The van der Waals surface area contributed by atoms with Crippen LogP contribution in [0.3, 0.4) is 0 Å². The Balaban J connectivity index is 2.57. The summed E-state index contributed by atoms with van der Waals surface area (Å²) in [6.45, 7) is 5.33. The van der Waals surface area contributed by atoms with Gasteiger partial charge in [0.15, 0.2) is 0 Å². The fourth-order valence-corrected chi connectivity index (χ4v) is 4.63. The highest BCUT2D eigenvalue weighted by atomic mass is 35.5. The van der Waals surface area contributed by atoms with Crippen LogP contribution in [0.15, 0.2) is 18.2 Å². The Labute approximate surface area is 159 Å². The number of thioether (sulfide) groups is 1. The van der Waals surface area contributed by atoms with Crippen molar-refractivity contribution in [2.24, 2.45) is 0 Å². The van der Waals surface area contributed by atoms with Crippen LogP contribution in [0.2, 0.25) is 0 Å². The SMILES string of the molecule is CCOC(=O)[C@@H]1N(C(=O)CCl)[C@H](c2cc([N+](=O)[O-])ccc2O)SC1(C)C. The average Bonchev–Trinajstić information content (AvgIpc) is 2.85. The van der Waals surface area contributed by atoms with E-state index in [1.165, 1.54) is 34.9 Å². The molecule has 2 atom stereocenters. The zero-order valence-electron chi connectivity index (χ0n) is 14.5. The number of hydrogen-bond acceptors (Lipinski definition) is 7. The summed E-state index contributed by atoms with van der Waals surface area (Å²) < 4.78 is 4.35. The van der Waals surface area contributed by atoms with Gasteiger partial charge in [0, 0.05) is 22.4 Å². The molecule has 0 aromatic heterocycles. The fraction of sp³-hybridized carbons (Fsp3) is 0.500. The van der Waals surface area contributed by atoms with E-state index in [2.05, 4.69) is 0 Å². The number of benzene rings is 1. The predicted octanol–water partition coefficient (Wildman–Crippen LogP) is 2.82. The normalized spacial score (nSPS) is 21.5. The van der Waals surface area contributed by atoms with Crippen LogP contribution in [-0.4, -0.2) is 50.1 Å². The van der Waals surface area contributed by atoms with Gasteiger partial charge in [-0.15, -0.1) is 23.4 Å². The molecule has 26 heavy (non-hydrogen) atoms. The molecule has 1 heterocycles. The lowest BCUT2D eigenvalue weighted by Crippen LogP contribution is -2.50. The highest BCUT2D eigenvalue weighted by Crippen LogP contribution is 2.54. The van der Waals surface area contributed by atoms with Crippen molar-refractivity contribution in [3.8, 4) is 5.75 Å². The first-order valence-corrected chi connectivity index (χ1v) is 9.24. The van der Waals surface area contributed by atoms with Gasteiger partial charge in [-0.1, -0.05) is 0 Å². The fourth-order valence-electron chi connectivity index (χ4n) is 2.91. The number of phenolic OH excluding ortho intramolecular Hbond substituents is 1. The van der Waals surface area contributed by atoms with Gasteiger partial charge < -0.3 is 14.7 Å². The third-order valence-electron chi connectivity index (χ3n) is 4.00. The molecule has 1 aliphatic rings. The minimum atomic E-state index is -0.942. The molecule has 0 spiro atoms. The number of alkyl halides is 1. The Morgan fingerprint density at radius 1 is 1.46 bits per heavy atom. The Morgan fingerprint density at radius 2 is 2.12 bits per heavy atom. The molecule has 8 nitrogen and oxygen atoms in total. The van der Waals surface area contributed by atoms with E-state index in [0.29, 0.717) is 0 Å². The first-order chi connectivity index (χ1) is 12.1. The van der Waals surface area contributed by atoms with Gasteiger partial charge >= 0.3 is 5.97 Å². The lowest BCUT2D eigenvalue weighted by molar-refractivity contribution is -0.385. The summed E-state index contributed by atoms with van der Waals surface area (Å²) >= 11 is 6.96. The number of non-ortho nitro benzene ring substituents is 1. The lowest BCUT2D eigenvalue weighted by atomic mass is 10.0. The number of nitro groups is 1. The van der Waals surface area contributed by atoms with Crippen molar-refractivity contribution in [1.82, 2.24) is 4.90 Å². The maximum absolute atomic E-state index is 12.5. The Morgan fingerprint density at radius 3 is 2.65 bits per heavy atom. The molecule has 1 aromatic carbocycles. The van der Waals surface area contributed by atoms with E-state index < -0.39 is 33.0 Å². The van der Waals surface area contributed by atoms with E-state index in [1.807, 2.05) is 0 Å². The first-order valence-electron chi connectivity index (χ1n) is 7.83. The zero-order chi connectivity index (χ0) is 19.6. The molecule has 1 N–H and O–H groups in total.